The molecule has 45 heavy (non-hydrogen) atoms. The molecule has 5 rings (SSSR count). The monoisotopic (exact) mass is 606 g/mol. The third-order valence-corrected chi connectivity index (χ3v) is 8.17. The summed E-state index contributed by atoms with van der Waals surface area (Å²) in [6.07, 6.45) is 1.85. The van der Waals surface area contributed by atoms with Gasteiger partial charge in [-0.1, -0.05) is 78.9 Å². The Morgan fingerprint density at radius 3 is 2.18 bits per heavy atom. The summed E-state index contributed by atoms with van der Waals surface area (Å²) in [7, 11) is 5.54. The molecule has 8 nitrogen and oxygen atoms in total. The van der Waals surface area contributed by atoms with Crippen molar-refractivity contribution in [1.82, 2.24) is 10.4 Å². The van der Waals surface area contributed by atoms with Crippen LogP contribution in [0.2, 0.25) is 0 Å². The number of carbonyl (C=O) groups excluding carboxylic acids is 2. The molecular formula is C37H42N4O4. The predicted molar refractivity (Wildman–Crippen MR) is 178 cm³/mol. The van der Waals surface area contributed by atoms with Crippen LogP contribution in [0.1, 0.15) is 40.4 Å². The lowest BCUT2D eigenvalue weighted by molar-refractivity contribution is -0.170. The molecule has 1 fully saturated rings. The average molecular weight is 607 g/mol. The highest BCUT2D eigenvalue weighted by molar-refractivity contribution is 5.97. The molecule has 0 aliphatic carbocycles. The van der Waals surface area contributed by atoms with Crippen molar-refractivity contribution in [2.45, 2.75) is 50.9 Å². The van der Waals surface area contributed by atoms with Crippen molar-refractivity contribution in [3.63, 3.8) is 0 Å². The third kappa shape index (κ3) is 7.90. The second-order valence-electron chi connectivity index (χ2n) is 11.9. The first-order valence-corrected chi connectivity index (χ1v) is 15.3. The van der Waals surface area contributed by atoms with Crippen LogP contribution in [0.15, 0.2) is 97.1 Å². The van der Waals surface area contributed by atoms with Gasteiger partial charge in [0, 0.05) is 48.9 Å². The Labute approximate surface area is 265 Å². The molecule has 0 bridgehead atoms. The summed E-state index contributed by atoms with van der Waals surface area (Å²) in [5.41, 5.74) is 12.0. The zero-order valence-corrected chi connectivity index (χ0v) is 26.4. The number of hydroxylamine groups is 2. The van der Waals surface area contributed by atoms with E-state index in [1.54, 1.807) is 12.2 Å². The van der Waals surface area contributed by atoms with E-state index >= 15 is 0 Å². The normalized spacial score (nSPS) is 16.5. The third-order valence-electron chi connectivity index (χ3n) is 8.17. The number of hydrogen-bond donors (Lipinski definition) is 2. The Balaban J connectivity index is 1.46. The topological polar surface area (TPSA) is 97.1 Å². The van der Waals surface area contributed by atoms with E-state index in [9.17, 15) is 9.59 Å². The number of methoxy groups -OCH3 is 1. The Hall–Kier alpha value is -4.66. The molecule has 2 atom stereocenters. The number of nitrogens with zero attached hydrogens (tertiary/aromatic N) is 2. The predicted octanol–water partition coefficient (Wildman–Crippen LogP) is 5.39. The number of rotatable bonds is 12. The van der Waals surface area contributed by atoms with Crippen LogP contribution in [-0.2, 0) is 29.0 Å². The van der Waals surface area contributed by atoms with Crippen LogP contribution >= 0.6 is 0 Å². The first kappa shape index (κ1) is 31.8. The van der Waals surface area contributed by atoms with Gasteiger partial charge in [0.2, 0.25) is 5.91 Å². The summed E-state index contributed by atoms with van der Waals surface area (Å²) in [5.74, 6) is 0.0921. The fraction of sp³-hybridized carbons (Fsp3) is 0.297. The van der Waals surface area contributed by atoms with Gasteiger partial charge in [0.15, 0.2) is 0 Å². The first-order valence-electron chi connectivity index (χ1n) is 15.3. The van der Waals surface area contributed by atoms with E-state index in [1.165, 1.54) is 0 Å². The lowest BCUT2D eigenvalue weighted by atomic mass is 9.96. The lowest BCUT2D eigenvalue weighted by Gasteiger charge is -2.23. The summed E-state index contributed by atoms with van der Waals surface area (Å²) in [5, 5.41) is 4.97. The number of ether oxygens (including phenoxy) is 1. The molecule has 0 unspecified atom stereocenters. The van der Waals surface area contributed by atoms with Crippen molar-refractivity contribution in [2.75, 3.05) is 26.1 Å². The van der Waals surface area contributed by atoms with Crippen molar-refractivity contribution in [3.8, 4) is 16.9 Å². The van der Waals surface area contributed by atoms with E-state index in [0.717, 1.165) is 33.5 Å². The van der Waals surface area contributed by atoms with E-state index in [0.29, 0.717) is 37.1 Å². The fourth-order valence-corrected chi connectivity index (χ4v) is 5.93. The molecule has 4 aromatic carbocycles. The maximum Gasteiger partial charge on any atom is 0.251 e. The largest absolute Gasteiger partial charge is 0.496 e. The number of benzene rings is 4. The number of hydrogen-bond acceptors (Lipinski definition) is 6. The molecule has 8 heteroatoms. The standard InChI is InChI=1S/C37H42N4O4/c1-25-18-34(36(38)42)41(45-25)24-28-16-11-17-33(35(28)44-4)29-21-30(23-32(22-29)40(2)3)37(43)39-31(19-26-12-7-5-8-13-26)20-27-14-9-6-10-15-27/h5-17,21-23,25,31,34H,18-20,24H2,1-4H3,(H2,38,42)(H,39,43)/t25-,34-/m0/s1. The minimum absolute atomic E-state index is 0.104. The Morgan fingerprint density at radius 2 is 1.60 bits per heavy atom. The highest BCUT2D eigenvalue weighted by atomic mass is 16.7. The van der Waals surface area contributed by atoms with Crippen LogP contribution in [0.4, 0.5) is 5.69 Å². The van der Waals surface area contributed by atoms with Gasteiger partial charge in [-0.15, -0.1) is 0 Å². The number of para-hydroxylation sites is 1. The highest BCUT2D eigenvalue weighted by Crippen LogP contribution is 2.37. The molecule has 0 spiro atoms. The van der Waals surface area contributed by atoms with Crippen molar-refractivity contribution in [1.29, 1.82) is 0 Å². The van der Waals surface area contributed by atoms with Crippen LogP contribution in [0, 0.1) is 0 Å². The van der Waals surface area contributed by atoms with Crippen LogP contribution in [0.5, 0.6) is 5.75 Å². The molecule has 1 aliphatic rings. The van der Waals surface area contributed by atoms with Gasteiger partial charge in [-0.2, -0.15) is 5.06 Å². The van der Waals surface area contributed by atoms with E-state index in [4.69, 9.17) is 15.3 Å². The summed E-state index contributed by atoms with van der Waals surface area (Å²) < 4.78 is 5.95. The Kier molecular flexibility index (Phi) is 10.2. The van der Waals surface area contributed by atoms with Crippen molar-refractivity contribution in [2.24, 2.45) is 5.73 Å². The second kappa shape index (κ2) is 14.4. The van der Waals surface area contributed by atoms with Crippen LogP contribution in [0.3, 0.4) is 0 Å². The summed E-state index contributed by atoms with van der Waals surface area (Å²) in [6, 6.07) is 31.6. The average Bonchev–Trinajstić information content (AvgIpc) is 3.41. The SMILES string of the molecule is COc1c(CN2O[C@@H](C)C[C@H]2C(N)=O)cccc1-c1cc(C(=O)NC(Cc2ccccc2)Cc2ccccc2)cc(N(C)C)c1. The van der Waals surface area contributed by atoms with Crippen molar-refractivity contribution < 1.29 is 19.2 Å². The quantitative estimate of drug-likeness (QED) is 0.225. The zero-order chi connectivity index (χ0) is 31.9. The lowest BCUT2D eigenvalue weighted by Crippen LogP contribution is -2.39. The number of nitrogens with two attached hydrogens (primary N) is 1. The highest BCUT2D eigenvalue weighted by Gasteiger charge is 2.35. The van der Waals surface area contributed by atoms with Crippen molar-refractivity contribution >= 4 is 17.5 Å². The maximum absolute atomic E-state index is 13.9. The molecule has 3 N–H and O–H groups in total. The van der Waals surface area contributed by atoms with Gasteiger partial charge in [-0.25, -0.2) is 0 Å². The molecule has 1 aliphatic heterocycles. The molecule has 0 aromatic heterocycles. The van der Waals surface area contributed by atoms with Gasteiger partial charge in [0.25, 0.3) is 5.91 Å². The Morgan fingerprint density at radius 1 is 0.956 bits per heavy atom. The van der Waals surface area contributed by atoms with Gasteiger partial charge in [0.05, 0.1) is 19.8 Å². The van der Waals surface area contributed by atoms with Gasteiger partial charge in [-0.3, -0.25) is 14.4 Å². The number of primary amides is 1. The van der Waals surface area contributed by atoms with E-state index < -0.39 is 11.9 Å². The second-order valence-corrected chi connectivity index (χ2v) is 11.9. The molecule has 0 radical (unpaired) electrons. The number of anilines is 1. The zero-order valence-electron chi connectivity index (χ0n) is 26.4. The molecule has 1 heterocycles. The summed E-state index contributed by atoms with van der Waals surface area (Å²) in [4.78, 5) is 34.0. The van der Waals surface area contributed by atoms with E-state index in [1.807, 2.05) is 98.7 Å². The van der Waals surface area contributed by atoms with Crippen LogP contribution < -0.4 is 20.7 Å². The van der Waals surface area contributed by atoms with Gasteiger partial charge < -0.3 is 20.7 Å². The minimum atomic E-state index is -0.513. The molecular weight excluding hydrogens is 564 g/mol. The van der Waals surface area contributed by atoms with Crippen molar-refractivity contribution in [3.05, 3.63) is 119 Å². The molecule has 4 aromatic rings. The number of amides is 2. The number of nitrogens with one attached hydrogen (secondary N) is 1. The number of carbonyl (C=O) groups is 2. The van der Waals surface area contributed by atoms with Gasteiger partial charge >= 0.3 is 0 Å². The van der Waals surface area contributed by atoms with E-state index in [2.05, 4.69) is 29.6 Å². The van der Waals surface area contributed by atoms with Gasteiger partial charge in [0.1, 0.15) is 11.8 Å². The van der Waals surface area contributed by atoms with Crippen LogP contribution in [0.25, 0.3) is 11.1 Å². The fourth-order valence-electron chi connectivity index (χ4n) is 5.93. The van der Waals surface area contributed by atoms with E-state index in [-0.39, 0.29) is 18.1 Å². The summed E-state index contributed by atoms with van der Waals surface area (Å²) >= 11 is 0. The van der Waals surface area contributed by atoms with Gasteiger partial charge in [-0.05, 0) is 54.7 Å². The summed E-state index contributed by atoms with van der Waals surface area (Å²) in [6.45, 7) is 2.25. The van der Waals surface area contributed by atoms with Crippen LogP contribution in [-0.4, -0.2) is 56.3 Å². The molecule has 2 amide bonds. The maximum atomic E-state index is 13.9. The first-order chi connectivity index (χ1) is 21.7. The molecule has 0 saturated carbocycles. The minimum Gasteiger partial charge on any atom is -0.496 e. The Bertz CT molecular complexity index is 1570. The molecule has 1 saturated heterocycles. The smallest absolute Gasteiger partial charge is 0.251 e. The molecule has 234 valence electrons.